The molecule has 1 amide bonds. The minimum absolute atomic E-state index is 0.223. The van der Waals surface area contributed by atoms with E-state index >= 15 is 0 Å². The predicted octanol–water partition coefficient (Wildman–Crippen LogP) is 2.47. The zero-order valence-corrected chi connectivity index (χ0v) is 30.6. The summed E-state index contributed by atoms with van der Waals surface area (Å²) in [6.45, 7) is 14.1. The van der Waals surface area contributed by atoms with Crippen molar-refractivity contribution in [3.05, 3.63) is 0 Å². The smallest absolute Gasteiger partial charge is 0.424 e. The molecular weight excluding hydrogens is 628 g/mol. The number of ether oxygens (including phenoxy) is 6. The normalized spacial score (nSPS) is 42.5. The monoisotopic (exact) mass is 686 g/mol. The number of hydrogen-bond acceptors (Lipinski definition) is 14. The maximum Gasteiger partial charge on any atom is 0.424 e. The van der Waals surface area contributed by atoms with Crippen molar-refractivity contribution in [2.75, 3.05) is 28.3 Å². The fourth-order valence-corrected chi connectivity index (χ4v) is 7.62. The van der Waals surface area contributed by atoms with Crippen molar-refractivity contribution in [1.82, 2.24) is 9.91 Å². The zero-order chi connectivity index (χ0) is 36.2. The van der Waals surface area contributed by atoms with Gasteiger partial charge in [-0.25, -0.2) is 15.6 Å². The lowest BCUT2D eigenvalue weighted by Crippen LogP contribution is -2.60. The molecule has 3 fully saturated rings. The van der Waals surface area contributed by atoms with E-state index in [2.05, 4.69) is 5.16 Å². The molecule has 0 bridgehead atoms. The summed E-state index contributed by atoms with van der Waals surface area (Å²) in [7, 11) is 6.77. The number of amides is 1. The summed E-state index contributed by atoms with van der Waals surface area (Å²) in [5.41, 5.74) is -0.577. The van der Waals surface area contributed by atoms with Crippen LogP contribution in [-0.2, 0) is 42.8 Å². The summed E-state index contributed by atoms with van der Waals surface area (Å²) in [4.78, 5) is 46.0. The molecule has 0 aromatic carbocycles. The average Bonchev–Trinajstić information content (AvgIpc) is 3.32. The number of rotatable bonds is 7. The van der Waals surface area contributed by atoms with Gasteiger partial charge in [0.2, 0.25) is 0 Å². The van der Waals surface area contributed by atoms with Crippen LogP contribution in [0.15, 0.2) is 5.16 Å². The molecule has 3 heterocycles. The second-order valence-electron chi connectivity index (χ2n) is 14.1. The van der Waals surface area contributed by atoms with E-state index < -0.39 is 84.2 Å². The molecule has 15 heteroatoms. The van der Waals surface area contributed by atoms with E-state index in [1.54, 1.807) is 21.0 Å². The number of methoxy groups -OCH3 is 1. The van der Waals surface area contributed by atoms with Crippen molar-refractivity contribution in [3.63, 3.8) is 0 Å². The summed E-state index contributed by atoms with van der Waals surface area (Å²) in [5, 5.41) is 17.2. The Hall–Kier alpha value is -2.56. The molecule has 0 radical (unpaired) electrons. The Morgan fingerprint density at radius 1 is 1.12 bits per heavy atom. The first-order chi connectivity index (χ1) is 22.4. The minimum atomic E-state index is -1.27. The third-order valence-electron chi connectivity index (χ3n) is 10.3. The number of carbonyl (C=O) groups is 3. The van der Waals surface area contributed by atoms with Crippen molar-refractivity contribution in [2.45, 2.75) is 135 Å². The van der Waals surface area contributed by atoms with Crippen LogP contribution in [0.5, 0.6) is 0 Å². The molecular formula is C33H58N4O11. The molecule has 48 heavy (non-hydrogen) atoms. The highest BCUT2D eigenvalue weighted by atomic mass is 16.7. The Bertz CT molecular complexity index is 1160. The van der Waals surface area contributed by atoms with Gasteiger partial charge in [-0.2, -0.15) is 0 Å². The number of nitrogens with two attached hydrogens (primary N) is 1. The number of hydrazine groups is 1. The highest BCUT2D eigenvalue weighted by Gasteiger charge is 2.54. The molecule has 1 unspecified atom stereocenters. The number of likely N-dealkylation sites (N-methyl/N-ethyl adjacent to an activating group) is 1. The fraction of sp³-hybridized carbons (Fsp3) is 0.879. The molecule has 0 aromatic rings. The summed E-state index contributed by atoms with van der Waals surface area (Å²) >= 11 is 0. The lowest BCUT2D eigenvalue weighted by Gasteiger charge is -2.48. The first-order valence-corrected chi connectivity index (χ1v) is 16.9. The maximum absolute atomic E-state index is 13.7. The summed E-state index contributed by atoms with van der Waals surface area (Å²) in [6, 6.07) is -0.974. The van der Waals surface area contributed by atoms with Crippen LogP contribution < -0.4 is 5.84 Å². The van der Waals surface area contributed by atoms with Gasteiger partial charge in [0, 0.05) is 31.8 Å². The Balaban J connectivity index is 2.17. The van der Waals surface area contributed by atoms with Gasteiger partial charge in [0.1, 0.15) is 19.3 Å². The molecule has 3 N–H and O–H groups in total. The first-order valence-electron chi connectivity index (χ1n) is 16.9. The van der Waals surface area contributed by atoms with E-state index in [1.807, 2.05) is 53.6 Å². The standard InChI is InChI=1S/C33H58N4O11/c1-13-23-28-25(37(34)32(41)47-28)18(4)24(35-43-12)16(2)15-33(8,42-11)29(19(5)26(39)20(6)30(40)46-23)48-31-27(45-21(7)38)22(36(9)10)14-17(3)44-31/h16-20,22-23,25-29,31,39H,13-15,34H2,1-12H3/t16-,17-,18+,19+,20-,22+,23-,25-,26+,27-,28-,29-,31?,33+/m1/s1. The SMILES string of the molecule is CC[C@H]1OC(=O)[C@H](C)[C@@H](O)[C@H](C)[C@@H](OC2O[C@H](C)C[C@H](N(C)C)[C@H]2OC(C)=O)[C@@](C)(OC)C[C@@H](C)C(=NOC)[C@H](C)[C@@H]2[C@@H]1OC(=O)N2N. The molecule has 276 valence electrons. The van der Waals surface area contributed by atoms with Gasteiger partial charge in [-0.3, -0.25) is 9.59 Å². The lowest BCUT2D eigenvalue weighted by molar-refractivity contribution is -0.303. The molecule has 3 saturated heterocycles. The number of aliphatic hydroxyl groups excluding tert-OH is 1. The van der Waals surface area contributed by atoms with Crippen molar-refractivity contribution >= 4 is 23.7 Å². The molecule has 0 aliphatic carbocycles. The third kappa shape index (κ3) is 8.41. The van der Waals surface area contributed by atoms with E-state index in [0.717, 1.165) is 5.01 Å². The molecule has 0 saturated carbocycles. The number of carbonyl (C=O) groups excluding carboxylic acids is 3. The van der Waals surface area contributed by atoms with Crippen molar-refractivity contribution < 1.29 is 52.7 Å². The van der Waals surface area contributed by atoms with Gasteiger partial charge < -0.3 is 43.3 Å². The number of oxime groups is 1. The summed E-state index contributed by atoms with van der Waals surface area (Å²) in [5.74, 6) is 2.49. The molecule has 3 aliphatic rings. The van der Waals surface area contributed by atoms with Gasteiger partial charge in [-0.15, -0.1) is 0 Å². The maximum atomic E-state index is 13.7. The molecule has 3 rings (SSSR count). The average molecular weight is 687 g/mol. The topological polar surface area (TPSA) is 181 Å². The number of fused-ring (bicyclic) bond motifs is 1. The Kier molecular flexibility index (Phi) is 13.6. The highest BCUT2D eigenvalue weighted by Crippen LogP contribution is 2.40. The van der Waals surface area contributed by atoms with E-state index in [0.29, 0.717) is 25.0 Å². The van der Waals surface area contributed by atoms with Gasteiger partial charge in [0.25, 0.3) is 0 Å². The predicted molar refractivity (Wildman–Crippen MR) is 174 cm³/mol. The number of aliphatic hydroxyl groups is 1. The van der Waals surface area contributed by atoms with Crippen LogP contribution in [0.2, 0.25) is 0 Å². The Morgan fingerprint density at radius 2 is 1.77 bits per heavy atom. The van der Waals surface area contributed by atoms with Gasteiger partial charge in [-0.1, -0.05) is 32.9 Å². The van der Waals surface area contributed by atoms with Gasteiger partial charge in [0.05, 0.1) is 41.6 Å². The second-order valence-corrected chi connectivity index (χ2v) is 14.1. The zero-order valence-electron chi connectivity index (χ0n) is 30.6. The van der Waals surface area contributed by atoms with Crippen molar-refractivity contribution in [1.29, 1.82) is 0 Å². The molecule has 0 spiro atoms. The third-order valence-corrected chi connectivity index (χ3v) is 10.3. The summed E-state index contributed by atoms with van der Waals surface area (Å²) < 4.78 is 36.8. The highest BCUT2D eigenvalue weighted by molar-refractivity contribution is 5.89. The van der Waals surface area contributed by atoms with Crippen molar-refractivity contribution in [3.8, 4) is 0 Å². The largest absolute Gasteiger partial charge is 0.458 e. The molecule has 15 nitrogen and oxygen atoms in total. The Morgan fingerprint density at radius 3 is 2.31 bits per heavy atom. The van der Waals surface area contributed by atoms with Gasteiger partial charge in [-0.05, 0) is 54.1 Å². The van der Waals surface area contributed by atoms with Crippen LogP contribution in [0.3, 0.4) is 0 Å². The van der Waals surface area contributed by atoms with E-state index in [9.17, 15) is 19.5 Å². The number of esters is 2. The van der Waals surface area contributed by atoms with Gasteiger partial charge in [0.15, 0.2) is 18.5 Å². The van der Waals surface area contributed by atoms with Crippen LogP contribution >= 0.6 is 0 Å². The van der Waals surface area contributed by atoms with Crippen LogP contribution in [0.1, 0.15) is 74.7 Å². The lowest BCUT2D eigenvalue weighted by atomic mass is 9.74. The van der Waals surface area contributed by atoms with Crippen LogP contribution in [-0.4, -0.2) is 128 Å². The van der Waals surface area contributed by atoms with Crippen molar-refractivity contribution in [2.24, 2.45) is 34.7 Å². The van der Waals surface area contributed by atoms with Crippen LogP contribution in [0.4, 0.5) is 4.79 Å². The number of cyclic esters (lactones) is 1. The minimum Gasteiger partial charge on any atom is -0.458 e. The number of nitrogens with zero attached hydrogens (tertiary/aromatic N) is 3. The Labute approximate surface area is 284 Å². The quantitative estimate of drug-likeness (QED) is 0.131. The fourth-order valence-electron chi connectivity index (χ4n) is 7.62. The van der Waals surface area contributed by atoms with E-state index in [4.69, 9.17) is 39.1 Å². The summed E-state index contributed by atoms with van der Waals surface area (Å²) in [6.07, 6.45) is -5.55. The molecule has 3 aliphatic heterocycles. The van der Waals surface area contributed by atoms with Crippen LogP contribution in [0, 0.1) is 23.7 Å². The van der Waals surface area contributed by atoms with E-state index in [1.165, 1.54) is 14.0 Å². The first kappa shape index (κ1) is 39.9. The number of hydrogen-bond donors (Lipinski definition) is 2. The molecule has 14 atom stereocenters. The van der Waals surface area contributed by atoms with Crippen LogP contribution in [0.25, 0.3) is 0 Å². The second kappa shape index (κ2) is 16.4. The van der Waals surface area contributed by atoms with Gasteiger partial charge >= 0.3 is 18.0 Å². The van der Waals surface area contributed by atoms with E-state index in [-0.39, 0.29) is 18.1 Å². The molecule has 0 aromatic heterocycles.